The van der Waals surface area contributed by atoms with Gasteiger partial charge in [-0.05, 0) is 118 Å². The third-order valence-electron chi connectivity index (χ3n) is 11.5. The molecule has 0 amide bonds. The molecule has 3 heteroatoms. The van der Waals surface area contributed by atoms with Gasteiger partial charge in [0.1, 0.15) is 23.5 Å². The zero-order valence-electron chi connectivity index (χ0n) is 22.9. The molecule has 1 aromatic carbocycles. The van der Waals surface area contributed by atoms with Crippen LogP contribution >= 0.6 is 0 Å². The summed E-state index contributed by atoms with van der Waals surface area (Å²) in [5.74, 6) is 0.639. The number of rotatable bonds is 10. The Balaban J connectivity index is 1.31. The zero-order valence-corrected chi connectivity index (χ0v) is 22.9. The third-order valence-corrected chi connectivity index (χ3v) is 11.5. The van der Waals surface area contributed by atoms with E-state index in [0.717, 1.165) is 5.56 Å². The summed E-state index contributed by atoms with van der Waals surface area (Å²) in [4.78, 5) is 0. The molecule has 0 spiro atoms. The summed E-state index contributed by atoms with van der Waals surface area (Å²) in [6.07, 6.45) is 23.1. The van der Waals surface area contributed by atoms with Gasteiger partial charge < -0.3 is 4.74 Å². The fourth-order valence-corrected chi connectivity index (χ4v) is 8.86. The molecule has 6 saturated carbocycles. The minimum absolute atomic E-state index is 0.0791. The van der Waals surface area contributed by atoms with E-state index in [-0.39, 0.29) is 10.8 Å². The molecule has 7 rings (SSSR count). The Morgan fingerprint density at radius 3 is 1.78 bits per heavy atom. The van der Waals surface area contributed by atoms with E-state index in [4.69, 9.17) is 4.74 Å². The maximum absolute atomic E-state index is 10.2. The summed E-state index contributed by atoms with van der Waals surface area (Å²) < 4.78 is 6.44. The second kappa shape index (κ2) is 10.0. The van der Waals surface area contributed by atoms with Crippen molar-refractivity contribution in [1.29, 1.82) is 10.5 Å². The Morgan fingerprint density at radius 1 is 0.667 bits per heavy atom. The largest absolute Gasteiger partial charge is 0.492 e. The molecule has 1 aromatic rings. The Kier molecular flexibility index (Phi) is 7.15. The Bertz CT molecular complexity index is 992. The second-order valence-corrected chi connectivity index (χ2v) is 13.4. The standard InChI is InChI=1S/C33H46N2O/c1-3-5-6-10-31-17-20-33(21-18-31,22-19-31)28-7-8-29(27(24-35)26(28)23-34)36-25-32-14-11-30(9-4-2,12-15-32)13-16-32/h7-8H,3-6,9-22,25H2,1-2H3. The summed E-state index contributed by atoms with van der Waals surface area (Å²) >= 11 is 0. The predicted molar refractivity (Wildman–Crippen MR) is 145 cm³/mol. The summed E-state index contributed by atoms with van der Waals surface area (Å²) in [5.41, 5.74) is 3.69. The van der Waals surface area contributed by atoms with Gasteiger partial charge in [-0.15, -0.1) is 0 Å². The van der Waals surface area contributed by atoms with Gasteiger partial charge in [-0.3, -0.25) is 0 Å². The lowest BCUT2D eigenvalue weighted by atomic mass is 9.50. The summed E-state index contributed by atoms with van der Waals surface area (Å²) in [6.45, 7) is 5.30. The van der Waals surface area contributed by atoms with Crippen LogP contribution in [0, 0.1) is 38.9 Å². The van der Waals surface area contributed by atoms with Crippen LogP contribution in [0.2, 0.25) is 0 Å². The van der Waals surface area contributed by atoms with Crippen LogP contribution in [0.15, 0.2) is 12.1 Å². The molecule has 0 saturated heterocycles. The highest BCUT2D eigenvalue weighted by atomic mass is 16.5. The van der Waals surface area contributed by atoms with Crippen LogP contribution in [0.25, 0.3) is 0 Å². The minimum atomic E-state index is 0.0791. The zero-order chi connectivity index (χ0) is 25.3. The van der Waals surface area contributed by atoms with E-state index in [1.54, 1.807) is 0 Å². The van der Waals surface area contributed by atoms with Gasteiger partial charge in [0, 0.05) is 5.41 Å². The van der Waals surface area contributed by atoms with E-state index in [0.29, 0.717) is 34.3 Å². The molecule has 0 N–H and O–H groups in total. The molecule has 0 aliphatic heterocycles. The minimum Gasteiger partial charge on any atom is -0.492 e. The molecule has 3 nitrogen and oxygen atoms in total. The number of benzene rings is 1. The molecule has 0 aromatic heterocycles. The lowest BCUT2D eigenvalue weighted by Gasteiger charge is -2.54. The van der Waals surface area contributed by atoms with Crippen LogP contribution in [-0.4, -0.2) is 6.61 Å². The smallest absolute Gasteiger partial charge is 0.138 e. The third kappa shape index (κ3) is 4.46. The molecular formula is C33H46N2O. The lowest BCUT2D eigenvalue weighted by molar-refractivity contribution is -0.0402. The molecule has 0 atom stereocenters. The molecular weight excluding hydrogens is 440 g/mol. The first-order valence-electron chi connectivity index (χ1n) is 15.1. The van der Waals surface area contributed by atoms with Crippen LogP contribution in [0.1, 0.15) is 146 Å². The van der Waals surface area contributed by atoms with Crippen molar-refractivity contribution >= 4 is 0 Å². The molecule has 0 radical (unpaired) electrons. The summed E-state index contributed by atoms with van der Waals surface area (Å²) in [5, 5.41) is 20.4. The summed E-state index contributed by atoms with van der Waals surface area (Å²) in [7, 11) is 0. The predicted octanol–water partition coefficient (Wildman–Crippen LogP) is 9.12. The van der Waals surface area contributed by atoms with Crippen LogP contribution in [0.3, 0.4) is 0 Å². The monoisotopic (exact) mass is 486 g/mol. The van der Waals surface area contributed by atoms with Crippen molar-refractivity contribution in [3.63, 3.8) is 0 Å². The molecule has 0 heterocycles. The van der Waals surface area contributed by atoms with E-state index < -0.39 is 0 Å². The summed E-state index contributed by atoms with van der Waals surface area (Å²) in [6, 6.07) is 9.06. The fraction of sp³-hybridized carbons (Fsp3) is 0.758. The quantitative estimate of drug-likeness (QED) is 0.310. The van der Waals surface area contributed by atoms with Crippen molar-refractivity contribution in [2.75, 3.05) is 6.61 Å². The molecule has 194 valence electrons. The van der Waals surface area contributed by atoms with Gasteiger partial charge in [0.25, 0.3) is 0 Å². The number of fused-ring (bicyclic) bond motifs is 6. The van der Waals surface area contributed by atoms with Gasteiger partial charge in [0.15, 0.2) is 0 Å². The van der Waals surface area contributed by atoms with E-state index in [9.17, 15) is 10.5 Å². The van der Waals surface area contributed by atoms with Gasteiger partial charge in [-0.1, -0.05) is 45.6 Å². The molecule has 6 aliphatic carbocycles. The highest BCUT2D eigenvalue weighted by molar-refractivity contribution is 5.60. The Hall–Kier alpha value is -2.00. The maximum atomic E-state index is 10.2. The van der Waals surface area contributed by atoms with Gasteiger partial charge in [-0.25, -0.2) is 0 Å². The maximum Gasteiger partial charge on any atom is 0.138 e. The van der Waals surface area contributed by atoms with E-state index in [2.05, 4.69) is 32.1 Å². The second-order valence-electron chi connectivity index (χ2n) is 13.4. The van der Waals surface area contributed by atoms with E-state index >= 15 is 0 Å². The average Bonchev–Trinajstić information content (AvgIpc) is 2.93. The fourth-order valence-electron chi connectivity index (χ4n) is 8.86. The number of nitrogens with zero attached hydrogens (tertiary/aromatic N) is 2. The molecule has 4 bridgehead atoms. The number of hydrogen-bond acceptors (Lipinski definition) is 3. The first-order chi connectivity index (χ1) is 17.5. The highest BCUT2D eigenvalue weighted by Crippen LogP contribution is 2.61. The van der Waals surface area contributed by atoms with Gasteiger partial charge in [0.2, 0.25) is 0 Å². The average molecular weight is 487 g/mol. The lowest BCUT2D eigenvalue weighted by Crippen LogP contribution is -2.45. The normalized spacial score (nSPS) is 34.8. The van der Waals surface area contributed by atoms with Crippen molar-refractivity contribution in [2.24, 2.45) is 16.2 Å². The first kappa shape index (κ1) is 25.6. The van der Waals surface area contributed by atoms with Gasteiger partial charge in [-0.2, -0.15) is 10.5 Å². The van der Waals surface area contributed by atoms with Crippen LogP contribution in [0.5, 0.6) is 5.75 Å². The van der Waals surface area contributed by atoms with E-state index in [1.807, 2.05) is 6.07 Å². The Morgan fingerprint density at radius 2 is 1.22 bits per heavy atom. The van der Waals surface area contributed by atoms with Crippen molar-refractivity contribution in [3.05, 3.63) is 28.8 Å². The van der Waals surface area contributed by atoms with E-state index in [1.165, 1.54) is 116 Å². The molecule has 0 unspecified atom stereocenters. The van der Waals surface area contributed by atoms with Gasteiger partial charge in [0.05, 0.1) is 12.2 Å². The number of unbranched alkanes of at least 4 members (excludes halogenated alkanes) is 2. The van der Waals surface area contributed by atoms with Gasteiger partial charge >= 0.3 is 0 Å². The van der Waals surface area contributed by atoms with Crippen LogP contribution in [-0.2, 0) is 5.41 Å². The van der Waals surface area contributed by atoms with Crippen molar-refractivity contribution < 1.29 is 4.74 Å². The van der Waals surface area contributed by atoms with Crippen LogP contribution in [0.4, 0.5) is 0 Å². The Labute approximate surface area is 219 Å². The van der Waals surface area contributed by atoms with Crippen molar-refractivity contribution in [2.45, 2.75) is 135 Å². The first-order valence-corrected chi connectivity index (χ1v) is 15.1. The number of nitriles is 2. The highest BCUT2D eigenvalue weighted by Gasteiger charge is 2.50. The van der Waals surface area contributed by atoms with Crippen LogP contribution < -0.4 is 4.74 Å². The SMILES string of the molecule is CCCCCC12CCC(c3ccc(OCC45CCC(CCC)(CC4)CC5)c(C#N)c3C#N)(CC1)CC2. The molecule has 36 heavy (non-hydrogen) atoms. The van der Waals surface area contributed by atoms with Crippen molar-refractivity contribution in [1.82, 2.24) is 0 Å². The molecule has 6 fully saturated rings. The van der Waals surface area contributed by atoms with Crippen molar-refractivity contribution in [3.8, 4) is 17.9 Å². The molecule has 6 aliphatic rings. The number of ether oxygens (including phenoxy) is 1. The topological polar surface area (TPSA) is 56.8 Å². The number of hydrogen-bond donors (Lipinski definition) is 0.